The minimum absolute atomic E-state index is 0.349. The lowest BCUT2D eigenvalue weighted by atomic mass is 10.1. The maximum absolute atomic E-state index is 12.5. The van der Waals surface area contributed by atoms with Crippen molar-refractivity contribution in [1.82, 2.24) is 4.98 Å². The number of hydrogen-bond acceptors (Lipinski definition) is 5. The van der Waals surface area contributed by atoms with Gasteiger partial charge in [-0.25, -0.2) is 9.78 Å². The van der Waals surface area contributed by atoms with Crippen molar-refractivity contribution in [1.29, 1.82) is 0 Å². The second kappa shape index (κ2) is 8.14. The quantitative estimate of drug-likeness (QED) is 0.660. The van der Waals surface area contributed by atoms with Gasteiger partial charge >= 0.3 is 5.97 Å². The van der Waals surface area contributed by atoms with Crippen LogP contribution in [0.1, 0.15) is 25.8 Å². The maximum Gasteiger partial charge on any atom is 0.351 e. The highest BCUT2D eigenvalue weighted by Crippen LogP contribution is 2.28. The Morgan fingerprint density at radius 2 is 1.67 bits per heavy atom. The van der Waals surface area contributed by atoms with Gasteiger partial charge in [-0.3, -0.25) is 4.79 Å². The molecule has 0 atom stereocenters. The Morgan fingerprint density at radius 3 is 2.33 bits per heavy atom. The smallest absolute Gasteiger partial charge is 0.351 e. The zero-order valence-corrected chi connectivity index (χ0v) is 16.2. The normalized spacial score (nSPS) is 10.5. The molecule has 0 fully saturated rings. The van der Waals surface area contributed by atoms with Crippen molar-refractivity contribution in [2.24, 2.45) is 0 Å². The lowest BCUT2D eigenvalue weighted by Gasteiger charge is -2.11. The third-order valence-electron chi connectivity index (χ3n) is 4.05. The fraction of sp³-hybridized carbons (Fsp3) is 0.190. The number of nitrogens with zero attached hydrogens (tertiary/aromatic N) is 1. The molecule has 1 aromatic heterocycles. The lowest BCUT2D eigenvalue weighted by Crippen LogP contribution is -2.21. The third-order valence-corrected chi connectivity index (χ3v) is 5.00. The van der Waals surface area contributed by atoms with Gasteiger partial charge in [-0.1, -0.05) is 48.5 Å². The molecule has 1 N–H and O–H groups in total. The topological polar surface area (TPSA) is 68.3 Å². The van der Waals surface area contributed by atoms with Crippen LogP contribution in [0.2, 0.25) is 0 Å². The van der Waals surface area contributed by atoms with Gasteiger partial charge in [0, 0.05) is 11.3 Å². The zero-order chi connectivity index (χ0) is 19.4. The summed E-state index contributed by atoms with van der Waals surface area (Å²) in [7, 11) is 0. The van der Waals surface area contributed by atoms with Crippen LogP contribution in [0.15, 0.2) is 48.5 Å². The highest BCUT2D eigenvalue weighted by molar-refractivity contribution is 7.14. The Morgan fingerprint density at radius 1 is 1.00 bits per heavy atom. The number of para-hydroxylation sites is 1. The number of nitrogens with one attached hydrogen (secondary N) is 1. The average Bonchev–Trinajstić information content (AvgIpc) is 3.05. The summed E-state index contributed by atoms with van der Waals surface area (Å²) < 4.78 is 5.24. The van der Waals surface area contributed by atoms with Gasteiger partial charge in [0.25, 0.3) is 5.91 Å². The summed E-state index contributed by atoms with van der Waals surface area (Å²) in [6.07, 6.45) is 0. The Kier molecular flexibility index (Phi) is 5.66. The number of rotatable bonds is 5. The van der Waals surface area contributed by atoms with E-state index in [2.05, 4.69) is 10.3 Å². The third kappa shape index (κ3) is 4.41. The van der Waals surface area contributed by atoms with Crippen LogP contribution in [0.5, 0.6) is 0 Å². The molecule has 0 bridgehead atoms. The number of benzene rings is 2. The molecule has 1 heterocycles. The van der Waals surface area contributed by atoms with E-state index < -0.39 is 5.97 Å². The van der Waals surface area contributed by atoms with Crippen LogP contribution in [0.3, 0.4) is 0 Å². The number of aryl methyl sites for hydroxylation is 3. The number of hydrogen-bond donors (Lipinski definition) is 1. The maximum atomic E-state index is 12.5. The van der Waals surface area contributed by atoms with E-state index in [9.17, 15) is 9.59 Å². The number of thiazole rings is 1. The predicted octanol–water partition coefficient (Wildman–Crippen LogP) is 4.53. The Hall–Kier alpha value is -2.99. The van der Waals surface area contributed by atoms with Gasteiger partial charge < -0.3 is 10.1 Å². The molecular weight excluding hydrogens is 360 g/mol. The van der Waals surface area contributed by atoms with Gasteiger partial charge in [-0.15, -0.1) is 11.3 Å². The van der Waals surface area contributed by atoms with Crippen LogP contribution in [0, 0.1) is 20.8 Å². The molecule has 5 nitrogen and oxygen atoms in total. The summed E-state index contributed by atoms with van der Waals surface area (Å²) in [6.45, 7) is 5.32. The molecule has 0 radical (unpaired) electrons. The van der Waals surface area contributed by atoms with E-state index >= 15 is 0 Å². The van der Waals surface area contributed by atoms with Crippen molar-refractivity contribution < 1.29 is 14.3 Å². The second-order valence-corrected chi connectivity index (χ2v) is 7.37. The number of aromatic nitrogens is 1. The summed E-state index contributed by atoms with van der Waals surface area (Å²) in [5.41, 5.74) is 4.09. The number of carbonyl (C=O) groups excluding carboxylic acids is 2. The van der Waals surface area contributed by atoms with Gasteiger partial charge in [-0.05, 0) is 31.9 Å². The van der Waals surface area contributed by atoms with Gasteiger partial charge in [0.15, 0.2) is 6.61 Å². The van der Waals surface area contributed by atoms with Crippen molar-refractivity contribution in [2.75, 3.05) is 11.9 Å². The van der Waals surface area contributed by atoms with Crippen LogP contribution in [0.25, 0.3) is 11.3 Å². The van der Waals surface area contributed by atoms with Crippen molar-refractivity contribution in [3.05, 3.63) is 69.5 Å². The van der Waals surface area contributed by atoms with E-state index in [1.807, 2.05) is 69.3 Å². The molecule has 2 aromatic carbocycles. The predicted molar refractivity (Wildman–Crippen MR) is 107 cm³/mol. The Labute approximate surface area is 162 Å². The standard InChI is InChI=1S/C21H20N2O3S/c1-13-8-7-9-14(2)18(13)23-17(24)12-26-21(25)20-19(22-15(3)27-20)16-10-5-4-6-11-16/h4-11H,12H2,1-3H3,(H,23,24). The van der Waals surface area contributed by atoms with Crippen molar-refractivity contribution >= 4 is 28.9 Å². The van der Waals surface area contributed by atoms with Crippen LogP contribution in [-0.2, 0) is 9.53 Å². The molecule has 0 aliphatic rings. The molecule has 0 saturated heterocycles. The molecule has 0 aliphatic heterocycles. The molecule has 0 unspecified atom stereocenters. The van der Waals surface area contributed by atoms with E-state index in [0.717, 1.165) is 27.4 Å². The fourth-order valence-corrected chi connectivity index (χ4v) is 3.58. The second-order valence-electron chi connectivity index (χ2n) is 6.17. The summed E-state index contributed by atoms with van der Waals surface area (Å²) >= 11 is 1.26. The van der Waals surface area contributed by atoms with Crippen LogP contribution in [0.4, 0.5) is 5.69 Å². The molecule has 0 saturated carbocycles. The summed E-state index contributed by atoms with van der Waals surface area (Å²) in [5.74, 6) is -0.917. The van der Waals surface area contributed by atoms with E-state index in [-0.39, 0.29) is 12.5 Å². The first-order valence-corrected chi connectivity index (χ1v) is 9.33. The monoisotopic (exact) mass is 380 g/mol. The molecule has 0 spiro atoms. The number of esters is 1. The van der Waals surface area contributed by atoms with E-state index in [4.69, 9.17) is 4.74 Å². The molecule has 1 amide bonds. The Balaban J connectivity index is 1.69. The summed E-state index contributed by atoms with van der Waals surface area (Å²) in [4.78, 5) is 29.6. The van der Waals surface area contributed by atoms with Crippen molar-refractivity contribution in [2.45, 2.75) is 20.8 Å². The van der Waals surface area contributed by atoms with E-state index in [1.54, 1.807) is 0 Å². The first kappa shape index (κ1) is 18.8. The van der Waals surface area contributed by atoms with Gasteiger partial charge in [0.05, 0.1) is 10.7 Å². The molecule has 27 heavy (non-hydrogen) atoms. The fourth-order valence-electron chi connectivity index (χ4n) is 2.74. The molecule has 6 heteroatoms. The first-order chi connectivity index (χ1) is 13.0. The molecule has 3 rings (SSSR count). The molecule has 3 aromatic rings. The average molecular weight is 380 g/mol. The summed E-state index contributed by atoms with van der Waals surface area (Å²) in [5, 5.41) is 3.57. The van der Waals surface area contributed by atoms with Crippen molar-refractivity contribution in [3.63, 3.8) is 0 Å². The number of ether oxygens (including phenoxy) is 1. The number of anilines is 1. The highest BCUT2D eigenvalue weighted by Gasteiger charge is 2.20. The minimum Gasteiger partial charge on any atom is -0.451 e. The van der Waals surface area contributed by atoms with Gasteiger partial charge in [-0.2, -0.15) is 0 Å². The van der Waals surface area contributed by atoms with Gasteiger partial charge in [0.2, 0.25) is 0 Å². The molecular formula is C21H20N2O3S. The largest absolute Gasteiger partial charge is 0.451 e. The zero-order valence-electron chi connectivity index (χ0n) is 15.4. The lowest BCUT2D eigenvalue weighted by molar-refractivity contribution is -0.119. The van der Waals surface area contributed by atoms with Crippen LogP contribution in [-0.4, -0.2) is 23.5 Å². The van der Waals surface area contributed by atoms with Crippen molar-refractivity contribution in [3.8, 4) is 11.3 Å². The summed E-state index contributed by atoms with van der Waals surface area (Å²) in [6, 6.07) is 15.2. The van der Waals surface area contributed by atoms with Crippen LogP contribution < -0.4 is 5.32 Å². The SMILES string of the molecule is Cc1nc(-c2ccccc2)c(C(=O)OCC(=O)Nc2c(C)cccc2C)s1. The van der Waals surface area contributed by atoms with E-state index in [0.29, 0.717) is 10.6 Å². The molecule has 138 valence electrons. The van der Waals surface area contributed by atoms with Gasteiger partial charge in [0.1, 0.15) is 4.88 Å². The first-order valence-electron chi connectivity index (χ1n) is 8.51. The highest BCUT2D eigenvalue weighted by atomic mass is 32.1. The number of amides is 1. The Bertz CT molecular complexity index is 960. The number of carbonyl (C=O) groups is 2. The van der Waals surface area contributed by atoms with Crippen LogP contribution >= 0.6 is 11.3 Å². The minimum atomic E-state index is -0.545. The molecule has 0 aliphatic carbocycles. The van der Waals surface area contributed by atoms with E-state index in [1.165, 1.54) is 11.3 Å².